The third-order valence-corrected chi connectivity index (χ3v) is 7.89. The van der Waals surface area contributed by atoms with Crippen LogP contribution in [0.1, 0.15) is 51.7 Å². The second-order valence-corrected chi connectivity index (χ2v) is 11.6. The second kappa shape index (κ2) is 13.9. The molecule has 0 fully saturated rings. The molecule has 2 aromatic carbocycles. The molecule has 3 aromatic rings. The van der Waals surface area contributed by atoms with Crippen molar-refractivity contribution in [2.75, 3.05) is 27.9 Å². The molecule has 2 N–H and O–H groups in total. The summed E-state index contributed by atoms with van der Waals surface area (Å²) in [6, 6.07) is 10.4. The van der Waals surface area contributed by atoms with Gasteiger partial charge in [0.1, 0.15) is 10.5 Å². The van der Waals surface area contributed by atoms with Gasteiger partial charge in [-0.1, -0.05) is 12.1 Å². The first-order valence-corrected chi connectivity index (χ1v) is 15.2. The normalized spacial score (nSPS) is 14.8. The summed E-state index contributed by atoms with van der Waals surface area (Å²) in [5.41, 5.74) is 7.18. The molecule has 1 atom stereocenters. The molecule has 0 unspecified atom stereocenters. The van der Waals surface area contributed by atoms with Gasteiger partial charge in [-0.15, -0.1) is 11.3 Å². The lowest BCUT2D eigenvalue weighted by molar-refractivity contribution is -0.136. The number of nitrogens with zero attached hydrogens (tertiary/aromatic N) is 1. The number of rotatable bonds is 11. The van der Waals surface area contributed by atoms with Crippen LogP contribution in [0.5, 0.6) is 23.0 Å². The van der Waals surface area contributed by atoms with Gasteiger partial charge in [0.25, 0.3) is 5.56 Å². The number of nitrogens with two attached hydrogens (primary N) is 1. The van der Waals surface area contributed by atoms with Crippen molar-refractivity contribution in [2.24, 2.45) is 5.73 Å². The van der Waals surface area contributed by atoms with Crippen molar-refractivity contribution in [1.29, 1.82) is 0 Å². The van der Waals surface area contributed by atoms with Crippen molar-refractivity contribution in [3.8, 4) is 23.0 Å². The predicted molar refractivity (Wildman–Crippen MR) is 171 cm³/mol. The minimum absolute atomic E-state index is 0.0610. The Balaban J connectivity index is 2.04. The average molecular weight is 639 g/mol. The van der Waals surface area contributed by atoms with Crippen LogP contribution in [0.3, 0.4) is 0 Å². The van der Waals surface area contributed by atoms with E-state index >= 15 is 0 Å². The first-order chi connectivity index (χ1) is 21.4. The van der Waals surface area contributed by atoms with E-state index in [1.807, 2.05) is 27.7 Å². The molecule has 11 nitrogen and oxygen atoms in total. The third-order valence-electron chi connectivity index (χ3n) is 6.78. The van der Waals surface area contributed by atoms with Crippen LogP contribution in [0, 0.1) is 0 Å². The number of esters is 2. The van der Waals surface area contributed by atoms with E-state index in [1.54, 1.807) is 49.4 Å². The SMILES string of the molecule is CCOC(=O)C1=c2s/c(=C\c3ccc(OC(C)C)c(OC)c3)c(=O)n2C(N)=C(C(=O)OC)[C@H]1c1ccc(OC(C)C)c(OC)c1. The summed E-state index contributed by atoms with van der Waals surface area (Å²) in [6.45, 7) is 9.32. The van der Waals surface area contributed by atoms with Crippen LogP contribution < -0.4 is 39.4 Å². The first kappa shape index (κ1) is 33.2. The van der Waals surface area contributed by atoms with Crippen LogP contribution in [0.15, 0.2) is 46.8 Å². The van der Waals surface area contributed by atoms with E-state index in [4.69, 9.17) is 34.2 Å². The summed E-state index contributed by atoms with van der Waals surface area (Å²) in [5.74, 6) is -0.809. The van der Waals surface area contributed by atoms with Gasteiger partial charge < -0.3 is 34.2 Å². The number of methoxy groups -OCH3 is 3. The molecule has 0 radical (unpaired) electrons. The monoisotopic (exact) mass is 638 g/mol. The molecule has 1 aliphatic rings. The number of thiazole rings is 1. The molecule has 4 rings (SSSR count). The molecule has 0 bridgehead atoms. The van der Waals surface area contributed by atoms with Crippen LogP contribution >= 0.6 is 11.3 Å². The number of hydrogen-bond acceptors (Lipinski definition) is 11. The van der Waals surface area contributed by atoms with Crippen molar-refractivity contribution >= 4 is 40.7 Å². The van der Waals surface area contributed by atoms with E-state index < -0.39 is 23.4 Å². The van der Waals surface area contributed by atoms with E-state index in [0.29, 0.717) is 34.1 Å². The van der Waals surface area contributed by atoms with E-state index in [9.17, 15) is 14.4 Å². The van der Waals surface area contributed by atoms with E-state index in [-0.39, 0.29) is 45.0 Å². The van der Waals surface area contributed by atoms with Crippen LogP contribution in [-0.4, -0.2) is 56.6 Å². The summed E-state index contributed by atoms with van der Waals surface area (Å²) < 4.78 is 35.0. The molecular formula is C33H38N2O9S. The Morgan fingerprint density at radius 1 is 0.889 bits per heavy atom. The number of benzene rings is 2. The topological polar surface area (TPSA) is 138 Å². The maximum atomic E-state index is 13.9. The molecule has 45 heavy (non-hydrogen) atoms. The molecular weight excluding hydrogens is 600 g/mol. The van der Waals surface area contributed by atoms with Crippen molar-refractivity contribution in [3.05, 3.63) is 72.6 Å². The van der Waals surface area contributed by atoms with Gasteiger partial charge in [-0.25, -0.2) is 9.59 Å². The molecule has 2 heterocycles. The fourth-order valence-electron chi connectivity index (χ4n) is 4.99. The Morgan fingerprint density at radius 3 is 2.04 bits per heavy atom. The molecule has 12 heteroatoms. The molecule has 0 saturated carbocycles. The summed E-state index contributed by atoms with van der Waals surface area (Å²) in [6.07, 6.45) is 1.46. The van der Waals surface area contributed by atoms with Gasteiger partial charge in [-0.2, -0.15) is 0 Å². The fourth-order valence-corrected chi connectivity index (χ4v) is 6.15. The van der Waals surface area contributed by atoms with Crippen LogP contribution in [0.2, 0.25) is 0 Å². The summed E-state index contributed by atoms with van der Waals surface area (Å²) in [7, 11) is 4.22. The third kappa shape index (κ3) is 6.70. The van der Waals surface area contributed by atoms with Gasteiger partial charge in [-0.3, -0.25) is 9.36 Å². The molecule has 1 aliphatic heterocycles. The highest BCUT2D eigenvalue weighted by atomic mass is 32.1. The highest BCUT2D eigenvalue weighted by Crippen LogP contribution is 2.41. The highest BCUT2D eigenvalue weighted by Gasteiger charge is 2.40. The Hall–Kier alpha value is -4.71. The van der Waals surface area contributed by atoms with Gasteiger partial charge >= 0.3 is 11.9 Å². The van der Waals surface area contributed by atoms with E-state index in [0.717, 1.165) is 15.9 Å². The lowest BCUT2D eigenvalue weighted by Gasteiger charge is -2.27. The lowest BCUT2D eigenvalue weighted by atomic mass is 9.83. The Labute approximate surface area is 265 Å². The smallest absolute Gasteiger partial charge is 0.338 e. The summed E-state index contributed by atoms with van der Waals surface area (Å²) >= 11 is 1.06. The zero-order valence-corrected chi connectivity index (χ0v) is 27.4. The number of carbonyl (C=O) groups excluding carboxylic acids is 2. The summed E-state index contributed by atoms with van der Waals surface area (Å²) in [5, 5.41) is 0. The Kier molecular flexibility index (Phi) is 10.3. The zero-order chi connectivity index (χ0) is 33.0. The van der Waals surface area contributed by atoms with Crippen molar-refractivity contribution in [2.45, 2.75) is 52.7 Å². The predicted octanol–water partition coefficient (Wildman–Crippen LogP) is 3.14. The quantitative estimate of drug-likeness (QED) is 0.312. The maximum absolute atomic E-state index is 13.9. The zero-order valence-electron chi connectivity index (χ0n) is 26.6. The van der Waals surface area contributed by atoms with Crippen molar-refractivity contribution < 1.29 is 38.0 Å². The van der Waals surface area contributed by atoms with E-state index in [2.05, 4.69) is 0 Å². The minimum Gasteiger partial charge on any atom is -0.493 e. The number of ether oxygens (including phenoxy) is 6. The number of fused-ring (bicyclic) bond motifs is 1. The number of carbonyl (C=O) groups is 2. The molecule has 0 saturated heterocycles. The Morgan fingerprint density at radius 2 is 1.49 bits per heavy atom. The molecule has 240 valence electrons. The number of hydrogen-bond donors (Lipinski definition) is 1. The summed E-state index contributed by atoms with van der Waals surface area (Å²) in [4.78, 5) is 40.9. The largest absolute Gasteiger partial charge is 0.493 e. The first-order valence-electron chi connectivity index (χ1n) is 14.4. The number of aromatic nitrogens is 1. The van der Waals surface area contributed by atoms with Crippen LogP contribution in [-0.2, 0) is 19.1 Å². The average Bonchev–Trinajstić information content (AvgIpc) is 3.32. The second-order valence-electron chi connectivity index (χ2n) is 10.6. The van der Waals surface area contributed by atoms with Gasteiger partial charge in [0, 0.05) is 0 Å². The Bertz CT molecular complexity index is 1820. The molecule has 1 aromatic heterocycles. The highest BCUT2D eigenvalue weighted by molar-refractivity contribution is 7.07. The lowest BCUT2D eigenvalue weighted by Crippen LogP contribution is -2.41. The molecule has 0 amide bonds. The van der Waals surface area contributed by atoms with Crippen LogP contribution in [0.4, 0.5) is 0 Å². The van der Waals surface area contributed by atoms with Crippen molar-refractivity contribution in [3.63, 3.8) is 0 Å². The standard InChI is InChI=1S/C33H38N2O9S/c1-9-42-33(38)28-26(20-11-13-22(44-18(4)5)24(16-20)40-7)27(32(37)41-8)29(34)35-30(36)25(45-31(28)35)15-19-10-12-21(43-17(2)3)23(14-19)39-6/h10-18,26H,9,34H2,1-8H3/b25-15-/t26-/m1/s1. The van der Waals surface area contributed by atoms with Gasteiger partial charge in [-0.05, 0) is 76.1 Å². The van der Waals surface area contributed by atoms with Gasteiger partial charge in [0.15, 0.2) is 23.0 Å². The molecule has 0 spiro atoms. The van der Waals surface area contributed by atoms with Crippen molar-refractivity contribution in [1.82, 2.24) is 4.57 Å². The minimum atomic E-state index is -1.04. The maximum Gasteiger partial charge on any atom is 0.338 e. The van der Waals surface area contributed by atoms with Gasteiger partial charge in [0.05, 0.1) is 61.7 Å². The molecule has 0 aliphatic carbocycles. The van der Waals surface area contributed by atoms with Crippen LogP contribution in [0.25, 0.3) is 17.5 Å². The fraction of sp³-hybridized carbons (Fsp3) is 0.364. The van der Waals surface area contributed by atoms with Gasteiger partial charge in [0.2, 0.25) is 0 Å². The van der Waals surface area contributed by atoms with E-state index in [1.165, 1.54) is 21.3 Å².